The Balaban J connectivity index is 2.44. The van der Waals surface area contributed by atoms with E-state index < -0.39 is 23.2 Å². The van der Waals surface area contributed by atoms with Gasteiger partial charge in [0.2, 0.25) is 0 Å². The standard InChI is InChI=1S/C14H9F3N2O/c15-14(16,17)9-6-11-8(13(20)12(9)18)5-7-3-1-2-4-10(7)19-11/h1-6,20H,18H2. The van der Waals surface area contributed by atoms with Crippen molar-refractivity contribution in [1.29, 1.82) is 0 Å². The van der Waals surface area contributed by atoms with E-state index in [0.29, 0.717) is 5.52 Å². The topological polar surface area (TPSA) is 59.1 Å². The van der Waals surface area contributed by atoms with E-state index in [2.05, 4.69) is 4.98 Å². The fraction of sp³-hybridized carbons (Fsp3) is 0.0714. The van der Waals surface area contributed by atoms with Gasteiger partial charge >= 0.3 is 6.18 Å². The van der Waals surface area contributed by atoms with Crippen molar-refractivity contribution in [3.05, 3.63) is 42.0 Å². The largest absolute Gasteiger partial charge is 0.505 e. The van der Waals surface area contributed by atoms with E-state index in [1.807, 2.05) is 0 Å². The maximum Gasteiger partial charge on any atom is 0.418 e. The van der Waals surface area contributed by atoms with E-state index in [1.165, 1.54) is 0 Å². The monoisotopic (exact) mass is 278 g/mol. The van der Waals surface area contributed by atoms with Crippen LogP contribution < -0.4 is 5.73 Å². The van der Waals surface area contributed by atoms with Crippen molar-refractivity contribution in [3.8, 4) is 5.75 Å². The molecule has 2 aromatic carbocycles. The lowest BCUT2D eigenvalue weighted by atomic mass is 10.0. The molecule has 3 N–H and O–H groups in total. The molecule has 0 atom stereocenters. The summed E-state index contributed by atoms with van der Waals surface area (Å²) in [4.78, 5) is 4.14. The zero-order valence-corrected chi connectivity index (χ0v) is 10.1. The molecular formula is C14H9F3N2O. The zero-order valence-electron chi connectivity index (χ0n) is 10.1. The average molecular weight is 278 g/mol. The molecule has 0 aliphatic rings. The number of anilines is 1. The van der Waals surface area contributed by atoms with Crippen LogP contribution in [0.15, 0.2) is 36.4 Å². The molecule has 20 heavy (non-hydrogen) atoms. The number of phenols is 1. The Morgan fingerprint density at radius 1 is 1.05 bits per heavy atom. The molecule has 0 unspecified atom stereocenters. The van der Waals surface area contributed by atoms with Gasteiger partial charge < -0.3 is 10.8 Å². The maximum atomic E-state index is 12.9. The molecule has 0 bridgehead atoms. The van der Waals surface area contributed by atoms with Crippen LogP contribution in [0.3, 0.4) is 0 Å². The number of hydrogen-bond acceptors (Lipinski definition) is 3. The molecule has 102 valence electrons. The Bertz CT molecular complexity index is 828. The molecule has 0 saturated heterocycles. The molecule has 0 spiro atoms. The van der Waals surface area contributed by atoms with Crippen LogP contribution >= 0.6 is 0 Å². The Labute approximate surface area is 111 Å². The molecular weight excluding hydrogens is 269 g/mol. The fourth-order valence-electron chi connectivity index (χ4n) is 2.15. The van der Waals surface area contributed by atoms with Crippen molar-refractivity contribution in [2.75, 3.05) is 5.73 Å². The number of nitrogen functional groups attached to an aromatic ring is 1. The molecule has 0 amide bonds. The van der Waals surface area contributed by atoms with E-state index in [4.69, 9.17) is 5.73 Å². The molecule has 6 heteroatoms. The third-order valence-electron chi connectivity index (χ3n) is 3.14. The molecule has 0 radical (unpaired) electrons. The first-order valence-corrected chi connectivity index (χ1v) is 5.76. The molecule has 1 heterocycles. The summed E-state index contributed by atoms with van der Waals surface area (Å²) >= 11 is 0. The number of para-hydroxylation sites is 1. The van der Waals surface area contributed by atoms with Crippen LogP contribution in [-0.4, -0.2) is 10.1 Å². The van der Waals surface area contributed by atoms with Gasteiger partial charge in [-0.1, -0.05) is 18.2 Å². The molecule has 0 saturated carbocycles. The molecule has 0 fully saturated rings. The number of aromatic nitrogens is 1. The van der Waals surface area contributed by atoms with Gasteiger partial charge in [-0.25, -0.2) is 4.98 Å². The van der Waals surface area contributed by atoms with E-state index in [9.17, 15) is 18.3 Å². The van der Waals surface area contributed by atoms with Crippen LogP contribution in [0.1, 0.15) is 5.56 Å². The molecule has 0 aliphatic carbocycles. The van der Waals surface area contributed by atoms with Crippen molar-refractivity contribution in [2.24, 2.45) is 0 Å². The summed E-state index contributed by atoms with van der Waals surface area (Å²) in [6.07, 6.45) is -4.64. The predicted molar refractivity (Wildman–Crippen MR) is 70.3 cm³/mol. The number of rotatable bonds is 0. The number of fused-ring (bicyclic) bond motifs is 2. The molecule has 1 aromatic heterocycles. The maximum absolute atomic E-state index is 12.9. The lowest BCUT2D eigenvalue weighted by Crippen LogP contribution is -2.09. The van der Waals surface area contributed by atoms with Crippen molar-refractivity contribution < 1.29 is 18.3 Å². The summed E-state index contributed by atoms with van der Waals surface area (Å²) < 4.78 is 38.6. The molecule has 3 nitrogen and oxygen atoms in total. The van der Waals surface area contributed by atoms with Gasteiger partial charge in [-0.3, -0.25) is 0 Å². The number of pyridine rings is 1. The summed E-state index contributed by atoms with van der Waals surface area (Å²) in [5.74, 6) is -0.590. The van der Waals surface area contributed by atoms with Crippen LogP contribution in [0.4, 0.5) is 18.9 Å². The van der Waals surface area contributed by atoms with Gasteiger partial charge in [0.05, 0.1) is 22.3 Å². The van der Waals surface area contributed by atoms with Crippen LogP contribution in [0, 0.1) is 0 Å². The Kier molecular flexibility index (Phi) is 2.50. The number of hydrogen-bond donors (Lipinski definition) is 2. The number of alkyl halides is 3. The third-order valence-corrected chi connectivity index (χ3v) is 3.14. The number of nitrogens with zero attached hydrogens (tertiary/aromatic N) is 1. The minimum atomic E-state index is -4.64. The number of nitrogens with two attached hydrogens (primary N) is 1. The van der Waals surface area contributed by atoms with Gasteiger partial charge in [-0.05, 0) is 18.2 Å². The van der Waals surface area contributed by atoms with Crippen LogP contribution in [0.5, 0.6) is 5.75 Å². The highest BCUT2D eigenvalue weighted by molar-refractivity contribution is 5.99. The minimum absolute atomic E-state index is 0.0581. The van der Waals surface area contributed by atoms with Crippen molar-refractivity contribution >= 4 is 27.5 Å². The first-order valence-electron chi connectivity index (χ1n) is 5.76. The Morgan fingerprint density at radius 2 is 1.75 bits per heavy atom. The normalized spacial score (nSPS) is 12.2. The van der Waals surface area contributed by atoms with Crippen molar-refractivity contribution in [2.45, 2.75) is 6.18 Å². The first-order chi connectivity index (χ1) is 9.38. The van der Waals surface area contributed by atoms with Crippen LogP contribution in [0.2, 0.25) is 0 Å². The second-order valence-corrected chi connectivity index (χ2v) is 4.43. The number of phenolic OH excluding ortho intramolecular Hbond substituents is 1. The molecule has 3 rings (SSSR count). The summed E-state index contributed by atoms with van der Waals surface area (Å²) in [6.45, 7) is 0. The Hall–Kier alpha value is -2.50. The summed E-state index contributed by atoms with van der Waals surface area (Å²) in [5, 5.41) is 10.8. The summed E-state index contributed by atoms with van der Waals surface area (Å²) in [5.41, 5.74) is 4.24. The minimum Gasteiger partial charge on any atom is -0.505 e. The van der Waals surface area contributed by atoms with E-state index >= 15 is 0 Å². The fourth-order valence-corrected chi connectivity index (χ4v) is 2.15. The van der Waals surface area contributed by atoms with Gasteiger partial charge in [0, 0.05) is 10.8 Å². The zero-order chi connectivity index (χ0) is 14.5. The second-order valence-electron chi connectivity index (χ2n) is 4.43. The van der Waals surface area contributed by atoms with Crippen molar-refractivity contribution in [1.82, 2.24) is 4.98 Å². The van der Waals surface area contributed by atoms with Gasteiger partial charge in [0.25, 0.3) is 0 Å². The SMILES string of the molecule is Nc1c(C(F)(F)F)cc2nc3ccccc3cc2c1O. The molecule has 3 aromatic rings. The van der Waals surface area contributed by atoms with Crippen LogP contribution in [0.25, 0.3) is 21.8 Å². The van der Waals surface area contributed by atoms with Gasteiger partial charge in [-0.2, -0.15) is 13.2 Å². The highest BCUT2D eigenvalue weighted by atomic mass is 19.4. The first kappa shape index (κ1) is 12.5. The van der Waals surface area contributed by atoms with Gasteiger partial charge in [0.15, 0.2) is 0 Å². The van der Waals surface area contributed by atoms with Gasteiger partial charge in [0.1, 0.15) is 5.75 Å². The Morgan fingerprint density at radius 3 is 2.45 bits per heavy atom. The van der Waals surface area contributed by atoms with E-state index in [0.717, 1.165) is 11.5 Å². The van der Waals surface area contributed by atoms with E-state index in [1.54, 1.807) is 30.3 Å². The summed E-state index contributed by atoms with van der Waals surface area (Å²) in [7, 11) is 0. The summed E-state index contributed by atoms with van der Waals surface area (Å²) in [6, 6.07) is 9.40. The highest BCUT2D eigenvalue weighted by Gasteiger charge is 2.35. The van der Waals surface area contributed by atoms with Crippen LogP contribution in [-0.2, 0) is 6.18 Å². The lowest BCUT2D eigenvalue weighted by Gasteiger charge is -2.13. The average Bonchev–Trinajstić information content (AvgIpc) is 2.40. The quantitative estimate of drug-likeness (QED) is 0.374. The predicted octanol–water partition coefficient (Wildman–Crippen LogP) is 3.69. The third kappa shape index (κ3) is 1.80. The lowest BCUT2D eigenvalue weighted by molar-refractivity contribution is -0.136. The second kappa shape index (κ2) is 4.00. The highest BCUT2D eigenvalue weighted by Crippen LogP contribution is 2.42. The smallest absolute Gasteiger partial charge is 0.418 e. The molecule has 0 aliphatic heterocycles. The number of halogens is 3. The number of aromatic hydroxyl groups is 1. The van der Waals surface area contributed by atoms with E-state index in [-0.39, 0.29) is 10.9 Å². The van der Waals surface area contributed by atoms with Gasteiger partial charge in [-0.15, -0.1) is 0 Å². The van der Waals surface area contributed by atoms with Crippen molar-refractivity contribution in [3.63, 3.8) is 0 Å². The number of benzene rings is 2.